The molecule has 146 valence electrons. The van der Waals surface area contributed by atoms with E-state index in [2.05, 4.69) is 10.3 Å². The minimum Gasteiger partial charge on any atom is -0.454 e. The van der Waals surface area contributed by atoms with Gasteiger partial charge in [-0.3, -0.25) is 4.79 Å². The molecule has 1 aliphatic carbocycles. The highest BCUT2D eigenvalue weighted by atomic mass is 19.1. The number of nitrogens with zero attached hydrogens (tertiary/aromatic N) is 2. The van der Waals surface area contributed by atoms with Gasteiger partial charge in [-0.1, -0.05) is 0 Å². The molecule has 1 atom stereocenters. The largest absolute Gasteiger partial charge is 0.454 e. The van der Waals surface area contributed by atoms with Gasteiger partial charge in [-0.2, -0.15) is 0 Å². The molecule has 6 nitrogen and oxygen atoms in total. The molecule has 8 heteroatoms. The van der Waals surface area contributed by atoms with Crippen LogP contribution in [0.15, 0.2) is 46.1 Å². The molecule has 1 aromatic carbocycles. The topological polar surface area (TPSA) is 81.6 Å². The molecule has 0 saturated heterocycles. The number of pyridine rings is 1. The molecule has 0 bridgehead atoms. The second kappa shape index (κ2) is 7.10. The van der Waals surface area contributed by atoms with Crippen molar-refractivity contribution in [2.24, 2.45) is 17.8 Å². The van der Waals surface area contributed by atoms with Crippen LogP contribution in [-0.4, -0.2) is 10.5 Å². The van der Waals surface area contributed by atoms with E-state index in [0.29, 0.717) is 12.2 Å². The Morgan fingerprint density at radius 1 is 1.25 bits per heavy atom. The predicted molar refractivity (Wildman–Crippen MR) is 101 cm³/mol. The van der Waals surface area contributed by atoms with E-state index in [-0.39, 0.29) is 17.3 Å². The molecule has 1 unspecified atom stereocenters. The molecule has 1 aromatic heterocycles. The number of halogens is 2. The first-order valence-corrected chi connectivity index (χ1v) is 9.08. The predicted octanol–water partition coefficient (Wildman–Crippen LogP) is 2.42. The molecule has 4 rings (SSSR count). The quantitative estimate of drug-likeness (QED) is 0.849. The van der Waals surface area contributed by atoms with Gasteiger partial charge in [0.05, 0.1) is 0 Å². The van der Waals surface area contributed by atoms with Gasteiger partial charge in [0.15, 0.2) is 17.5 Å². The van der Waals surface area contributed by atoms with Crippen LogP contribution in [0.4, 0.5) is 8.78 Å². The number of aromatic nitrogens is 1. The highest BCUT2D eigenvalue weighted by molar-refractivity contribution is 5.80. The van der Waals surface area contributed by atoms with Crippen LogP contribution >= 0.6 is 0 Å². The monoisotopic (exact) mass is 386 g/mol. The van der Waals surface area contributed by atoms with Crippen molar-refractivity contribution >= 4 is 5.96 Å². The number of fused-ring (bicyclic) bond motifs is 1. The minimum atomic E-state index is -0.815. The summed E-state index contributed by atoms with van der Waals surface area (Å²) in [6.07, 6.45) is 6.66. The summed E-state index contributed by atoms with van der Waals surface area (Å²) in [5.74, 6) is -1.12. The maximum atomic E-state index is 14.1. The van der Waals surface area contributed by atoms with Crippen molar-refractivity contribution in [1.29, 1.82) is 0 Å². The van der Waals surface area contributed by atoms with Gasteiger partial charge in [0.1, 0.15) is 17.6 Å². The Labute approximate surface area is 160 Å². The van der Waals surface area contributed by atoms with E-state index in [4.69, 9.17) is 10.5 Å². The average Bonchev–Trinajstić information content (AvgIpc) is 2.68. The van der Waals surface area contributed by atoms with Crippen LogP contribution in [0, 0.1) is 11.6 Å². The molecule has 2 aliphatic rings. The SMILES string of the molecule is Cn1cc(C2N=C(N)NC=C2Oc2ccc(F)cc2F)c2c(c1=O)CCCC2. The summed E-state index contributed by atoms with van der Waals surface area (Å²) in [6.45, 7) is 0. The fourth-order valence-corrected chi connectivity index (χ4v) is 3.71. The maximum Gasteiger partial charge on any atom is 0.253 e. The summed E-state index contributed by atoms with van der Waals surface area (Å²) in [5, 5.41) is 2.76. The lowest BCUT2D eigenvalue weighted by Gasteiger charge is -2.27. The van der Waals surface area contributed by atoms with Gasteiger partial charge in [0.25, 0.3) is 5.56 Å². The van der Waals surface area contributed by atoms with Crippen LogP contribution in [0.1, 0.15) is 35.6 Å². The highest BCUT2D eigenvalue weighted by Crippen LogP contribution is 2.35. The van der Waals surface area contributed by atoms with Crippen molar-refractivity contribution < 1.29 is 13.5 Å². The Morgan fingerprint density at radius 3 is 2.75 bits per heavy atom. The fraction of sp³-hybridized carbons (Fsp3) is 0.300. The first-order valence-electron chi connectivity index (χ1n) is 9.08. The van der Waals surface area contributed by atoms with Crippen LogP contribution < -0.4 is 21.3 Å². The maximum absolute atomic E-state index is 14.1. The van der Waals surface area contributed by atoms with Crippen LogP contribution in [0.3, 0.4) is 0 Å². The van der Waals surface area contributed by atoms with E-state index >= 15 is 0 Å². The zero-order valence-electron chi connectivity index (χ0n) is 15.3. The molecule has 2 aromatic rings. The second-order valence-electron chi connectivity index (χ2n) is 6.95. The fourth-order valence-electron chi connectivity index (χ4n) is 3.71. The zero-order valence-corrected chi connectivity index (χ0v) is 15.3. The molecule has 0 fully saturated rings. The normalized spacial score (nSPS) is 18.6. The second-order valence-corrected chi connectivity index (χ2v) is 6.95. The summed E-state index contributed by atoms with van der Waals surface area (Å²) in [7, 11) is 1.69. The van der Waals surface area contributed by atoms with E-state index in [1.54, 1.807) is 13.2 Å². The van der Waals surface area contributed by atoms with Crippen molar-refractivity contribution in [3.63, 3.8) is 0 Å². The summed E-state index contributed by atoms with van der Waals surface area (Å²) in [5.41, 5.74) is 8.38. The third-order valence-corrected chi connectivity index (χ3v) is 5.04. The molecule has 0 radical (unpaired) electrons. The van der Waals surface area contributed by atoms with E-state index < -0.39 is 17.7 Å². The van der Waals surface area contributed by atoms with Gasteiger partial charge in [-0.15, -0.1) is 0 Å². The first-order chi connectivity index (χ1) is 13.4. The standard InChI is InChI=1S/C20H20F2N4O2/c1-26-10-14(12-4-2-3-5-13(12)19(26)27)18-17(9-24-20(23)25-18)28-16-7-6-11(21)8-15(16)22/h6-10,18H,2-5H2,1H3,(H3,23,24,25). The van der Waals surface area contributed by atoms with Crippen LogP contribution in [0.2, 0.25) is 0 Å². The Kier molecular flexibility index (Phi) is 4.62. The van der Waals surface area contributed by atoms with Crippen LogP contribution in [-0.2, 0) is 19.9 Å². The number of benzene rings is 1. The lowest BCUT2D eigenvalue weighted by atomic mass is 9.87. The van der Waals surface area contributed by atoms with E-state index in [1.165, 1.54) is 16.8 Å². The summed E-state index contributed by atoms with van der Waals surface area (Å²) >= 11 is 0. The average molecular weight is 386 g/mol. The van der Waals surface area contributed by atoms with Gasteiger partial charge in [-0.05, 0) is 43.4 Å². The smallest absolute Gasteiger partial charge is 0.253 e. The van der Waals surface area contributed by atoms with Crippen molar-refractivity contribution in [3.05, 3.63) is 75.0 Å². The third kappa shape index (κ3) is 3.26. The number of nitrogens with two attached hydrogens (primary N) is 1. The number of ether oxygens (including phenoxy) is 1. The zero-order chi connectivity index (χ0) is 19.8. The highest BCUT2D eigenvalue weighted by Gasteiger charge is 2.29. The van der Waals surface area contributed by atoms with Gasteiger partial charge in [-0.25, -0.2) is 13.8 Å². The van der Waals surface area contributed by atoms with E-state index in [1.807, 2.05) is 0 Å². The summed E-state index contributed by atoms with van der Waals surface area (Å²) in [4.78, 5) is 17.0. The Balaban J connectivity index is 1.78. The van der Waals surface area contributed by atoms with Crippen LogP contribution in [0.5, 0.6) is 5.75 Å². The Bertz CT molecular complexity index is 1060. The summed E-state index contributed by atoms with van der Waals surface area (Å²) in [6, 6.07) is 2.47. The number of rotatable bonds is 3. The number of hydrogen-bond acceptors (Lipinski definition) is 5. The van der Waals surface area contributed by atoms with Crippen molar-refractivity contribution in [3.8, 4) is 5.75 Å². The number of aryl methyl sites for hydroxylation is 1. The third-order valence-electron chi connectivity index (χ3n) is 5.04. The lowest BCUT2D eigenvalue weighted by Crippen LogP contribution is -2.34. The van der Waals surface area contributed by atoms with Gasteiger partial charge in [0.2, 0.25) is 0 Å². The molecule has 0 spiro atoms. The first kappa shape index (κ1) is 18.2. The molecule has 0 amide bonds. The summed E-state index contributed by atoms with van der Waals surface area (Å²) < 4.78 is 34.5. The van der Waals surface area contributed by atoms with Crippen molar-refractivity contribution in [2.45, 2.75) is 31.7 Å². The Hall–Kier alpha value is -3.16. The molecule has 1 aliphatic heterocycles. The van der Waals surface area contributed by atoms with Crippen molar-refractivity contribution in [2.75, 3.05) is 0 Å². The molecule has 2 heterocycles. The minimum absolute atomic E-state index is 0.0136. The molecular formula is C20H20F2N4O2. The van der Waals surface area contributed by atoms with Gasteiger partial charge < -0.3 is 20.4 Å². The molecule has 3 N–H and O–H groups in total. The number of guanidine groups is 1. The molecule has 28 heavy (non-hydrogen) atoms. The van der Waals surface area contributed by atoms with E-state index in [0.717, 1.165) is 48.1 Å². The van der Waals surface area contributed by atoms with Gasteiger partial charge in [0, 0.05) is 36.6 Å². The molecular weight excluding hydrogens is 366 g/mol. The van der Waals surface area contributed by atoms with E-state index in [9.17, 15) is 13.6 Å². The Morgan fingerprint density at radius 2 is 2.00 bits per heavy atom. The number of aliphatic imine (C=N–C) groups is 1. The van der Waals surface area contributed by atoms with Crippen molar-refractivity contribution in [1.82, 2.24) is 9.88 Å². The molecule has 0 saturated carbocycles. The van der Waals surface area contributed by atoms with Crippen LogP contribution in [0.25, 0.3) is 0 Å². The van der Waals surface area contributed by atoms with Gasteiger partial charge >= 0.3 is 0 Å². The number of nitrogens with one attached hydrogen (secondary N) is 1. The lowest BCUT2D eigenvalue weighted by molar-refractivity contribution is 0.356. The number of hydrogen-bond donors (Lipinski definition) is 2.